The highest BCUT2D eigenvalue weighted by atomic mass is 32.2. The zero-order valence-corrected chi connectivity index (χ0v) is 13.5. The highest BCUT2D eigenvalue weighted by Crippen LogP contribution is 2.60. The number of nitrogens with zero attached hydrogens (tertiary/aromatic N) is 1. The SMILES string of the molecule is CCCn1cc(S(=O)(=O)NCC2(C3CC3)CC2)cc1CN. The molecule has 1 heterocycles. The van der Waals surface area contributed by atoms with Crippen LogP contribution in [0.25, 0.3) is 0 Å². The molecule has 0 radical (unpaired) electrons. The minimum Gasteiger partial charge on any atom is -0.349 e. The summed E-state index contributed by atoms with van der Waals surface area (Å²) in [5.74, 6) is 0.754. The van der Waals surface area contributed by atoms with Crippen molar-refractivity contribution in [2.24, 2.45) is 17.1 Å². The number of hydrogen-bond acceptors (Lipinski definition) is 3. The van der Waals surface area contributed by atoms with Crippen molar-refractivity contribution in [3.05, 3.63) is 18.0 Å². The lowest BCUT2D eigenvalue weighted by atomic mass is 10.0. The van der Waals surface area contributed by atoms with Crippen LogP contribution in [0.15, 0.2) is 17.2 Å². The van der Waals surface area contributed by atoms with Crippen molar-refractivity contribution >= 4 is 10.0 Å². The third kappa shape index (κ3) is 3.03. The van der Waals surface area contributed by atoms with Crippen molar-refractivity contribution in [3.63, 3.8) is 0 Å². The molecule has 1 aromatic heterocycles. The first-order valence-corrected chi connectivity index (χ1v) is 9.38. The van der Waals surface area contributed by atoms with Crippen LogP contribution < -0.4 is 10.5 Å². The van der Waals surface area contributed by atoms with E-state index in [0.29, 0.717) is 18.0 Å². The molecule has 0 atom stereocenters. The number of nitrogens with one attached hydrogen (secondary N) is 1. The number of hydrogen-bond donors (Lipinski definition) is 2. The van der Waals surface area contributed by atoms with Gasteiger partial charge in [0.15, 0.2) is 0 Å². The Morgan fingerprint density at radius 1 is 1.43 bits per heavy atom. The molecule has 0 unspecified atom stereocenters. The molecule has 3 rings (SSSR count). The van der Waals surface area contributed by atoms with Gasteiger partial charge in [-0.3, -0.25) is 0 Å². The standard InChI is InChI=1S/C15H25N3O2S/c1-2-7-18-10-14(8-13(18)9-16)21(19,20)17-11-15(5-6-15)12-3-4-12/h8,10,12,17H,2-7,9,11,16H2,1H3. The topological polar surface area (TPSA) is 77.1 Å². The van der Waals surface area contributed by atoms with Gasteiger partial charge < -0.3 is 10.3 Å². The Morgan fingerprint density at radius 3 is 2.67 bits per heavy atom. The van der Waals surface area contributed by atoms with Crippen molar-refractivity contribution in [1.82, 2.24) is 9.29 Å². The summed E-state index contributed by atoms with van der Waals surface area (Å²) in [4.78, 5) is 0.350. The van der Waals surface area contributed by atoms with E-state index in [9.17, 15) is 8.42 Å². The molecule has 2 aliphatic rings. The first-order chi connectivity index (χ1) is 10.0. The first kappa shape index (κ1) is 15.1. The van der Waals surface area contributed by atoms with Gasteiger partial charge in [-0.15, -0.1) is 0 Å². The van der Waals surface area contributed by atoms with Crippen LogP contribution in [0.2, 0.25) is 0 Å². The highest BCUT2D eigenvalue weighted by molar-refractivity contribution is 7.89. The molecule has 21 heavy (non-hydrogen) atoms. The average molecular weight is 311 g/mol. The fraction of sp³-hybridized carbons (Fsp3) is 0.733. The Labute approximate surface area is 127 Å². The fourth-order valence-corrected chi connectivity index (χ4v) is 4.40. The number of aryl methyl sites for hydroxylation is 1. The fourth-order valence-electron chi connectivity index (χ4n) is 3.20. The van der Waals surface area contributed by atoms with E-state index in [1.54, 1.807) is 12.3 Å². The molecule has 0 amide bonds. The van der Waals surface area contributed by atoms with Gasteiger partial charge in [-0.25, -0.2) is 13.1 Å². The van der Waals surface area contributed by atoms with Gasteiger partial charge in [-0.1, -0.05) is 6.92 Å². The molecule has 0 aromatic carbocycles. The van der Waals surface area contributed by atoms with Crippen LogP contribution >= 0.6 is 0 Å². The van der Waals surface area contributed by atoms with E-state index >= 15 is 0 Å². The van der Waals surface area contributed by atoms with Gasteiger partial charge in [0, 0.05) is 31.5 Å². The number of sulfonamides is 1. The van der Waals surface area contributed by atoms with Crippen LogP contribution in [-0.4, -0.2) is 19.5 Å². The summed E-state index contributed by atoms with van der Waals surface area (Å²) in [5.41, 5.74) is 6.85. The van der Waals surface area contributed by atoms with E-state index in [4.69, 9.17) is 5.73 Å². The number of nitrogens with two attached hydrogens (primary N) is 1. The molecule has 2 fully saturated rings. The average Bonchev–Trinajstić information content (AvgIpc) is 3.34. The van der Waals surface area contributed by atoms with Gasteiger partial charge in [-0.2, -0.15) is 0 Å². The molecule has 5 nitrogen and oxygen atoms in total. The molecule has 3 N–H and O–H groups in total. The lowest BCUT2D eigenvalue weighted by Crippen LogP contribution is -2.31. The van der Waals surface area contributed by atoms with Crippen LogP contribution in [-0.2, 0) is 23.1 Å². The normalized spacial score (nSPS) is 20.7. The van der Waals surface area contributed by atoms with E-state index in [1.165, 1.54) is 25.7 Å². The van der Waals surface area contributed by atoms with Crippen molar-refractivity contribution in [2.75, 3.05) is 6.54 Å². The molecule has 6 heteroatoms. The maximum absolute atomic E-state index is 12.5. The Kier molecular flexibility index (Phi) is 3.88. The van der Waals surface area contributed by atoms with Crippen molar-refractivity contribution < 1.29 is 8.42 Å². The molecule has 118 valence electrons. The molecule has 0 spiro atoms. The van der Waals surface area contributed by atoms with Crippen LogP contribution in [0.4, 0.5) is 0 Å². The maximum Gasteiger partial charge on any atom is 0.242 e. The van der Waals surface area contributed by atoms with Crippen LogP contribution in [0.5, 0.6) is 0 Å². The highest BCUT2D eigenvalue weighted by Gasteiger charge is 2.53. The summed E-state index contributed by atoms with van der Waals surface area (Å²) in [5, 5.41) is 0. The van der Waals surface area contributed by atoms with Gasteiger partial charge in [0.25, 0.3) is 0 Å². The first-order valence-electron chi connectivity index (χ1n) is 7.89. The quantitative estimate of drug-likeness (QED) is 0.769. The van der Waals surface area contributed by atoms with Crippen LogP contribution in [0.1, 0.15) is 44.7 Å². The largest absolute Gasteiger partial charge is 0.349 e. The summed E-state index contributed by atoms with van der Waals surface area (Å²) in [6.45, 7) is 3.83. The summed E-state index contributed by atoms with van der Waals surface area (Å²) in [7, 11) is -3.42. The zero-order valence-electron chi connectivity index (χ0n) is 12.6. The minimum atomic E-state index is -3.42. The smallest absolute Gasteiger partial charge is 0.242 e. The zero-order chi connectivity index (χ0) is 15.1. The number of rotatable bonds is 8. The minimum absolute atomic E-state index is 0.274. The molecular formula is C15H25N3O2S. The third-order valence-corrected chi connectivity index (χ3v) is 6.26. The third-order valence-electron chi connectivity index (χ3n) is 4.89. The van der Waals surface area contributed by atoms with E-state index in [-0.39, 0.29) is 5.41 Å². The van der Waals surface area contributed by atoms with Crippen LogP contribution in [0.3, 0.4) is 0 Å². The monoisotopic (exact) mass is 311 g/mol. The molecule has 2 aliphatic carbocycles. The van der Waals surface area contributed by atoms with Crippen molar-refractivity contribution in [2.45, 2.75) is 57.0 Å². The molecule has 2 saturated carbocycles. The Bertz CT molecular complexity index is 613. The predicted molar refractivity (Wildman–Crippen MR) is 82.2 cm³/mol. The van der Waals surface area contributed by atoms with E-state index in [2.05, 4.69) is 11.6 Å². The van der Waals surface area contributed by atoms with Gasteiger partial charge in [0.2, 0.25) is 10.0 Å². The second-order valence-corrected chi connectivity index (χ2v) is 8.29. The molecular weight excluding hydrogens is 286 g/mol. The predicted octanol–water partition coefficient (Wildman–Crippen LogP) is 1.83. The summed E-state index contributed by atoms with van der Waals surface area (Å²) in [6.07, 6.45) is 7.55. The van der Waals surface area contributed by atoms with Crippen molar-refractivity contribution in [3.8, 4) is 0 Å². The summed E-state index contributed by atoms with van der Waals surface area (Å²) in [6, 6.07) is 1.70. The summed E-state index contributed by atoms with van der Waals surface area (Å²) < 4.78 is 29.7. The van der Waals surface area contributed by atoms with Crippen molar-refractivity contribution in [1.29, 1.82) is 0 Å². The second kappa shape index (κ2) is 5.41. The van der Waals surface area contributed by atoms with Gasteiger partial charge in [-0.05, 0) is 49.5 Å². The van der Waals surface area contributed by atoms with Gasteiger partial charge >= 0.3 is 0 Å². The lowest BCUT2D eigenvalue weighted by molar-refractivity contribution is 0.432. The van der Waals surface area contributed by atoms with Crippen LogP contribution in [0, 0.1) is 11.3 Å². The Morgan fingerprint density at radius 2 is 2.14 bits per heavy atom. The lowest BCUT2D eigenvalue weighted by Gasteiger charge is -2.14. The molecule has 1 aromatic rings. The molecule has 0 bridgehead atoms. The maximum atomic E-state index is 12.5. The number of aromatic nitrogens is 1. The van der Waals surface area contributed by atoms with Gasteiger partial charge in [0.05, 0.1) is 4.90 Å². The van der Waals surface area contributed by atoms with Gasteiger partial charge in [0.1, 0.15) is 0 Å². The van der Waals surface area contributed by atoms with E-state index in [1.807, 2.05) is 4.57 Å². The van der Waals surface area contributed by atoms with E-state index in [0.717, 1.165) is 24.6 Å². The molecule has 0 saturated heterocycles. The second-order valence-electron chi connectivity index (χ2n) is 6.53. The Balaban J connectivity index is 1.72. The Hall–Kier alpha value is -0.850. The summed E-state index contributed by atoms with van der Waals surface area (Å²) >= 11 is 0. The van der Waals surface area contributed by atoms with E-state index < -0.39 is 10.0 Å². The molecule has 0 aliphatic heterocycles.